The largest absolute Gasteiger partial charge is 0.461 e. The van der Waals surface area contributed by atoms with E-state index in [1.54, 1.807) is 25.1 Å². The molecule has 0 bridgehead atoms. The molecule has 1 amide bonds. The van der Waals surface area contributed by atoms with Crippen LogP contribution in [0.4, 0.5) is 5.69 Å². The van der Waals surface area contributed by atoms with Crippen molar-refractivity contribution in [3.63, 3.8) is 0 Å². The first-order chi connectivity index (χ1) is 7.56. The zero-order chi connectivity index (χ0) is 11.7. The molecule has 1 aromatic heterocycles. The van der Waals surface area contributed by atoms with E-state index in [-0.39, 0.29) is 11.3 Å². The molecule has 2 aromatic rings. The Morgan fingerprint density at radius 1 is 1.31 bits per heavy atom. The van der Waals surface area contributed by atoms with Crippen LogP contribution < -0.4 is 10.7 Å². The number of benzene rings is 1. The molecule has 1 heterocycles. The highest BCUT2D eigenvalue weighted by Gasteiger charge is 2.04. The van der Waals surface area contributed by atoms with E-state index in [9.17, 15) is 9.59 Å². The molecule has 1 N–H and O–H groups in total. The molecule has 0 fully saturated rings. The lowest BCUT2D eigenvalue weighted by atomic mass is 10.2. The lowest BCUT2D eigenvalue weighted by molar-refractivity contribution is -0.114. The van der Waals surface area contributed by atoms with Gasteiger partial charge in [0.15, 0.2) is 5.43 Å². The lowest BCUT2D eigenvalue weighted by Gasteiger charge is -2.03. The Labute approximate surface area is 91.9 Å². The molecule has 1 aromatic carbocycles. The van der Waals surface area contributed by atoms with Gasteiger partial charge >= 0.3 is 0 Å². The zero-order valence-electron chi connectivity index (χ0n) is 9.03. The topological polar surface area (TPSA) is 59.3 Å². The summed E-state index contributed by atoms with van der Waals surface area (Å²) in [5.41, 5.74) is 1.03. The number of hydrogen-bond donors (Lipinski definition) is 1. The molecule has 4 nitrogen and oxygen atoms in total. The van der Waals surface area contributed by atoms with Crippen LogP contribution in [0.5, 0.6) is 0 Å². The number of carbonyl (C=O) groups is 1. The van der Waals surface area contributed by atoms with Gasteiger partial charge in [-0.3, -0.25) is 9.59 Å². The molecular formula is C12H11NO3. The fourth-order valence-corrected chi connectivity index (χ4v) is 1.56. The van der Waals surface area contributed by atoms with E-state index in [0.717, 1.165) is 0 Å². The highest BCUT2D eigenvalue weighted by Crippen LogP contribution is 2.17. The summed E-state index contributed by atoms with van der Waals surface area (Å²) in [6.07, 6.45) is 0. The molecule has 2 rings (SSSR count). The van der Waals surface area contributed by atoms with Crippen LogP contribution in [0.1, 0.15) is 12.7 Å². The standard InChI is InChI=1S/C12H11NO3/c1-7-5-11(15)10-4-3-9(13-8(2)14)6-12(10)16-7/h3-6H,1-2H3,(H,13,14). The van der Waals surface area contributed by atoms with Crippen molar-refractivity contribution in [3.05, 3.63) is 40.2 Å². The molecule has 0 saturated carbocycles. The molecule has 0 atom stereocenters. The lowest BCUT2D eigenvalue weighted by Crippen LogP contribution is -2.06. The van der Waals surface area contributed by atoms with Crippen molar-refractivity contribution in [2.24, 2.45) is 0 Å². The van der Waals surface area contributed by atoms with Gasteiger partial charge in [0.1, 0.15) is 11.3 Å². The van der Waals surface area contributed by atoms with Gasteiger partial charge < -0.3 is 9.73 Å². The van der Waals surface area contributed by atoms with Crippen LogP contribution >= 0.6 is 0 Å². The van der Waals surface area contributed by atoms with E-state index in [1.807, 2.05) is 0 Å². The van der Waals surface area contributed by atoms with Gasteiger partial charge in [-0.2, -0.15) is 0 Å². The van der Waals surface area contributed by atoms with Gasteiger partial charge in [-0.1, -0.05) is 0 Å². The second-order valence-electron chi connectivity index (χ2n) is 3.61. The van der Waals surface area contributed by atoms with E-state index in [4.69, 9.17) is 4.42 Å². The third kappa shape index (κ3) is 1.95. The molecule has 0 saturated heterocycles. The average molecular weight is 217 g/mol. The Morgan fingerprint density at radius 3 is 2.75 bits per heavy atom. The van der Waals surface area contributed by atoms with Gasteiger partial charge in [-0.05, 0) is 19.1 Å². The smallest absolute Gasteiger partial charge is 0.221 e. The van der Waals surface area contributed by atoms with Gasteiger partial charge in [-0.25, -0.2) is 0 Å². The first-order valence-electron chi connectivity index (χ1n) is 4.88. The number of hydrogen-bond acceptors (Lipinski definition) is 3. The van der Waals surface area contributed by atoms with E-state index in [1.165, 1.54) is 13.0 Å². The van der Waals surface area contributed by atoms with Crippen LogP contribution in [0, 0.1) is 6.92 Å². The van der Waals surface area contributed by atoms with Crippen molar-refractivity contribution in [3.8, 4) is 0 Å². The quantitative estimate of drug-likeness (QED) is 0.795. The normalized spacial score (nSPS) is 10.4. The summed E-state index contributed by atoms with van der Waals surface area (Å²) >= 11 is 0. The molecule has 82 valence electrons. The first-order valence-corrected chi connectivity index (χ1v) is 4.88. The fraction of sp³-hybridized carbons (Fsp3) is 0.167. The molecule has 0 spiro atoms. The minimum atomic E-state index is -0.158. The number of aryl methyl sites for hydroxylation is 1. The Kier molecular flexibility index (Phi) is 2.48. The summed E-state index contributed by atoms with van der Waals surface area (Å²) in [4.78, 5) is 22.5. The molecule has 0 aliphatic rings. The summed E-state index contributed by atoms with van der Waals surface area (Å²) in [7, 11) is 0. The molecular weight excluding hydrogens is 206 g/mol. The Hall–Kier alpha value is -2.10. The number of nitrogens with one attached hydrogen (secondary N) is 1. The summed E-state index contributed by atoms with van der Waals surface area (Å²) in [6, 6.07) is 6.41. The maximum Gasteiger partial charge on any atom is 0.221 e. The highest BCUT2D eigenvalue weighted by atomic mass is 16.3. The van der Waals surface area contributed by atoms with Crippen LogP contribution in [-0.2, 0) is 4.79 Å². The van der Waals surface area contributed by atoms with Crippen molar-refractivity contribution in [1.29, 1.82) is 0 Å². The summed E-state index contributed by atoms with van der Waals surface area (Å²) in [5, 5.41) is 3.15. The minimum Gasteiger partial charge on any atom is -0.461 e. The SMILES string of the molecule is CC(=O)Nc1ccc2c(=O)cc(C)oc2c1. The summed E-state index contributed by atoms with van der Waals surface area (Å²) < 4.78 is 5.41. The van der Waals surface area contributed by atoms with E-state index in [2.05, 4.69) is 5.32 Å². The second kappa shape index (κ2) is 3.81. The minimum absolute atomic E-state index is 0.0758. The number of amides is 1. The monoisotopic (exact) mass is 217 g/mol. The Bertz CT molecular complexity index is 613. The van der Waals surface area contributed by atoms with E-state index < -0.39 is 0 Å². The van der Waals surface area contributed by atoms with Crippen LogP contribution in [0.15, 0.2) is 33.5 Å². The van der Waals surface area contributed by atoms with Crippen molar-refractivity contribution in [2.75, 3.05) is 5.32 Å². The van der Waals surface area contributed by atoms with Gasteiger partial charge in [0.25, 0.3) is 0 Å². The zero-order valence-corrected chi connectivity index (χ0v) is 9.03. The van der Waals surface area contributed by atoms with E-state index >= 15 is 0 Å². The first kappa shape index (κ1) is 10.4. The number of rotatable bonds is 1. The summed E-state index contributed by atoms with van der Waals surface area (Å²) in [6.45, 7) is 3.14. The van der Waals surface area contributed by atoms with Crippen LogP contribution in [0.3, 0.4) is 0 Å². The molecule has 16 heavy (non-hydrogen) atoms. The number of carbonyl (C=O) groups excluding carboxylic acids is 1. The second-order valence-corrected chi connectivity index (χ2v) is 3.61. The molecule has 0 radical (unpaired) electrons. The number of anilines is 1. The predicted octanol–water partition coefficient (Wildman–Crippen LogP) is 2.06. The van der Waals surface area contributed by atoms with Gasteiger partial charge in [0.2, 0.25) is 5.91 Å². The van der Waals surface area contributed by atoms with Crippen molar-refractivity contribution >= 4 is 22.6 Å². The predicted molar refractivity (Wildman–Crippen MR) is 61.5 cm³/mol. The number of fused-ring (bicyclic) bond motifs is 1. The molecule has 0 aliphatic heterocycles. The van der Waals surface area contributed by atoms with Crippen molar-refractivity contribution in [2.45, 2.75) is 13.8 Å². The highest BCUT2D eigenvalue weighted by molar-refractivity contribution is 5.91. The summed E-state index contributed by atoms with van der Waals surface area (Å²) in [5.74, 6) is 0.395. The van der Waals surface area contributed by atoms with Crippen molar-refractivity contribution < 1.29 is 9.21 Å². The van der Waals surface area contributed by atoms with Crippen LogP contribution in [0.2, 0.25) is 0 Å². The van der Waals surface area contributed by atoms with Crippen LogP contribution in [0.25, 0.3) is 11.0 Å². The van der Waals surface area contributed by atoms with Gasteiger partial charge in [0.05, 0.1) is 5.39 Å². The maximum atomic E-state index is 11.6. The maximum absolute atomic E-state index is 11.6. The van der Waals surface area contributed by atoms with Gasteiger partial charge in [0, 0.05) is 24.7 Å². The third-order valence-corrected chi connectivity index (χ3v) is 2.17. The Morgan fingerprint density at radius 2 is 2.06 bits per heavy atom. The average Bonchev–Trinajstić information content (AvgIpc) is 2.15. The molecule has 0 unspecified atom stereocenters. The Balaban J connectivity index is 2.61. The molecule has 4 heteroatoms. The fourth-order valence-electron chi connectivity index (χ4n) is 1.56. The van der Waals surface area contributed by atoms with Gasteiger partial charge in [-0.15, -0.1) is 0 Å². The van der Waals surface area contributed by atoms with Crippen LogP contribution in [-0.4, -0.2) is 5.91 Å². The van der Waals surface area contributed by atoms with E-state index in [0.29, 0.717) is 22.4 Å². The molecule has 0 aliphatic carbocycles. The third-order valence-electron chi connectivity index (χ3n) is 2.17. The van der Waals surface area contributed by atoms with Crippen molar-refractivity contribution in [1.82, 2.24) is 0 Å².